The Morgan fingerprint density at radius 2 is 1.76 bits per heavy atom. The lowest BCUT2D eigenvalue weighted by molar-refractivity contribution is -0.119. The average molecular weight is 466 g/mol. The monoisotopic (exact) mass is 465 g/mol. The van der Waals surface area contributed by atoms with E-state index in [0.29, 0.717) is 24.1 Å². The second-order valence-electron chi connectivity index (χ2n) is 8.09. The van der Waals surface area contributed by atoms with Crippen LogP contribution >= 0.6 is 11.8 Å². The number of thioether (sulfide) groups is 1. The highest BCUT2D eigenvalue weighted by atomic mass is 32.2. The zero-order valence-electron chi connectivity index (χ0n) is 18.4. The third-order valence-electron chi connectivity index (χ3n) is 5.70. The van der Waals surface area contributed by atoms with Crippen LogP contribution in [-0.4, -0.2) is 58.8 Å². The maximum atomic E-state index is 12.6. The molecule has 9 heteroatoms. The Balaban J connectivity index is 1.21. The minimum atomic E-state index is -0.215. The van der Waals surface area contributed by atoms with E-state index in [0.717, 1.165) is 43.3 Å². The van der Waals surface area contributed by atoms with Crippen molar-refractivity contribution >= 4 is 23.6 Å². The van der Waals surface area contributed by atoms with Gasteiger partial charge in [0.2, 0.25) is 11.9 Å². The fraction of sp³-hybridized carbons (Fsp3) is 0.375. The summed E-state index contributed by atoms with van der Waals surface area (Å²) in [5.41, 5.74) is 0.998. The number of anilines is 1. The van der Waals surface area contributed by atoms with Gasteiger partial charge in [-0.15, -0.1) is 10.2 Å². The molecule has 3 aromatic rings. The van der Waals surface area contributed by atoms with E-state index in [1.807, 2.05) is 54.6 Å². The number of carbonyl (C=O) groups excluding carboxylic acids is 1. The lowest BCUT2D eigenvalue weighted by Gasteiger charge is -2.27. The molecular formula is C24H27N5O3S. The number of ether oxygens (including phenoxy) is 2. The van der Waals surface area contributed by atoms with Crippen molar-refractivity contribution in [2.24, 2.45) is 0 Å². The minimum absolute atomic E-state index is 0.0791. The van der Waals surface area contributed by atoms with Gasteiger partial charge < -0.3 is 19.7 Å². The predicted octanol–water partition coefficient (Wildman–Crippen LogP) is 3.31. The zero-order chi connectivity index (χ0) is 22.5. The van der Waals surface area contributed by atoms with Crippen molar-refractivity contribution in [3.8, 4) is 17.2 Å². The van der Waals surface area contributed by atoms with Gasteiger partial charge in [0, 0.05) is 13.1 Å². The number of amides is 1. The molecular weight excluding hydrogens is 438 g/mol. The lowest BCUT2D eigenvalue weighted by atomic mass is 10.1. The molecule has 0 bridgehead atoms. The van der Waals surface area contributed by atoms with Crippen LogP contribution in [0.5, 0.6) is 11.5 Å². The summed E-state index contributed by atoms with van der Waals surface area (Å²) in [5.74, 6) is 2.45. The van der Waals surface area contributed by atoms with Gasteiger partial charge in [-0.25, -0.2) is 0 Å². The SMILES string of the molecule is O=C(CSc1nnc(N2CCCCC2)n1-c1ccccc1)NC[C@H]1COc2ccccc2O1. The smallest absolute Gasteiger partial charge is 0.232 e. The number of benzene rings is 2. The molecule has 2 aliphatic rings. The first-order valence-electron chi connectivity index (χ1n) is 11.3. The van der Waals surface area contributed by atoms with Crippen LogP contribution in [0.15, 0.2) is 59.8 Å². The Hall–Kier alpha value is -3.20. The first-order valence-corrected chi connectivity index (χ1v) is 12.3. The van der Waals surface area contributed by atoms with E-state index >= 15 is 0 Å². The average Bonchev–Trinajstić information content (AvgIpc) is 3.31. The maximum absolute atomic E-state index is 12.6. The van der Waals surface area contributed by atoms with Crippen molar-refractivity contribution in [3.05, 3.63) is 54.6 Å². The number of nitrogens with one attached hydrogen (secondary N) is 1. The van der Waals surface area contributed by atoms with Crippen molar-refractivity contribution in [2.75, 3.05) is 36.9 Å². The van der Waals surface area contributed by atoms with Gasteiger partial charge in [-0.05, 0) is 43.5 Å². The molecule has 0 unspecified atom stereocenters. The molecule has 2 aromatic carbocycles. The minimum Gasteiger partial charge on any atom is -0.486 e. The Morgan fingerprint density at radius 1 is 1.00 bits per heavy atom. The van der Waals surface area contributed by atoms with E-state index in [1.54, 1.807) is 0 Å². The van der Waals surface area contributed by atoms with Gasteiger partial charge in [-0.1, -0.05) is 42.1 Å². The number of carbonyl (C=O) groups is 1. The number of nitrogens with zero attached hydrogens (tertiary/aromatic N) is 4. The molecule has 0 spiro atoms. The summed E-state index contributed by atoms with van der Waals surface area (Å²) in [6.45, 7) is 2.75. The third kappa shape index (κ3) is 5.08. The summed E-state index contributed by atoms with van der Waals surface area (Å²) in [7, 11) is 0. The Kier molecular flexibility index (Phi) is 6.66. The van der Waals surface area contributed by atoms with E-state index in [1.165, 1.54) is 18.2 Å². The molecule has 0 aliphatic carbocycles. The van der Waals surface area contributed by atoms with E-state index in [9.17, 15) is 4.79 Å². The largest absolute Gasteiger partial charge is 0.486 e. The van der Waals surface area contributed by atoms with E-state index < -0.39 is 0 Å². The van der Waals surface area contributed by atoms with E-state index in [2.05, 4.69) is 25.0 Å². The number of hydrogen-bond donors (Lipinski definition) is 1. The molecule has 2 aliphatic heterocycles. The normalized spacial score (nSPS) is 17.6. The van der Waals surface area contributed by atoms with Gasteiger partial charge in [-0.2, -0.15) is 0 Å². The van der Waals surface area contributed by atoms with Crippen LogP contribution in [0.25, 0.3) is 5.69 Å². The third-order valence-corrected chi connectivity index (χ3v) is 6.63. The van der Waals surface area contributed by atoms with Crippen LogP contribution in [0, 0.1) is 0 Å². The van der Waals surface area contributed by atoms with Gasteiger partial charge in [-0.3, -0.25) is 9.36 Å². The molecule has 1 amide bonds. The molecule has 8 nitrogen and oxygen atoms in total. The fourth-order valence-electron chi connectivity index (χ4n) is 4.03. The molecule has 3 heterocycles. The first kappa shape index (κ1) is 21.6. The fourth-order valence-corrected chi connectivity index (χ4v) is 4.81. The van der Waals surface area contributed by atoms with Crippen molar-refractivity contribution in [2.45, 2.75) is 30.5 Å². The van der Waals surface area contributed by atoms with Gasteiger partial charge >= 0.3 is 0 Å². The lowest BCUT2D eigenvalue weighted by Crippen LogP contribution is -2.41. The maximum Gasteiger partial charge on any atom is 0.232 e. The summed E-state index contributed by atoms with van der Waals surface area (Å²) in [4.78, 5) is 14.8. The highest BCUT2D eigenvalue weighted by molar-refractivity contribution is 7.99. The van der Waals surface area contributed by atoms with Crippen LogP contribution < -0.4 is 19.7 Å². The van der Waals surface area contributed by atoms with Crippen LogP contribution in [0.3, 0.4) is 0 Å². The highest BCUT2D eigenvalue weighted by Gasteiger charge is 2.23. The second kappa shape index (κ2) is 10.2. The van der Waals surface area contributed by atoms with Gasteiger partial charge in [0.25, 0.3) is 0 Å². The quantitative estimate of drug-likeness (QED) is 0.536. The molecule has 0 saturated carbocycles. The van der Waals surface area contributed by atoms with Crippen molar-refractivity contribution in [1.82, 2.24) is 20.1 Å². The molecule has 5 rings (SSSR count). The Bertz CT molecular complexity index is 1080. The molecule has 1 atom stereocenters. The standard InChI is InChI=1S/C24H27N5O3S/c30-22(25-15-19-16-31-20-11-5-6-12-21(20)32-19)17-33-24-27-26-23(28-13-7-2-8-14-28)29(24)18-9-3-1-4-10-18/h1,3-6,9-12,19H,2,7-8,13-17H2,(H,25,30)/t19-/m0/s1. The zero-order valence-corrected chi connectivity index (χ0v) is 19.2. The van der Waals surface area contributed by atoms with E-state index in [4.69, 9.17) is 9.47 Å². The second-order valence-corrected chi connectivity index (χ2v) is 9.03. The molecule has 1 aromatic heterocycles. The van der Waals surface area contributed by atoms with Crippen molar-refractivity contribution in [3.63, 3.8) is 0 Å². The summed E-state index contributed by atoms with van der Waals surface area (Å²) >= 11 is 1.39. The van der Waals surface area contributed by atoms with Crippen LogP contribution in [0.4, 0.5) is 5.95 Å². The van der Waals surface area contributed by atoms with Crippen molar-refractivity contribution in [1.29, 1.82) is 0 Å². The number of piperidine rings is 1. The van der Waals surface area contributed by atoms with Gasteiger partial charge in [0.05, 0.1) is 18.0 Å². The Morgan fingerprint density at radius 3 is 2.58 bits per heavy atom. The number of hydrogen-bond acceptors (Lipinski definition) is 7. The first-order chi connectivity index (χ1) is 16.3. The number of fused-ring (bicyclic) bond motifs is 1. The highest BCUT2D eigenvalue weighted by Crippen LogP contribution is 2.31. The van der Waals surface area contributed by atoms with Crippen LogP contribution in [0.2, 0.25) is 0 Å². The molecule has 0 radical (unpaired) electrons. The predicted molar refractivity (Wildman–Crippen MR) is 128 cm³/mol. The molecule has 172 valence electrons. The molecule has 1 fully saturated rings. The topological polar surface area (TPSA) is 81.5 Å². The van der Waals surface area contributed by atoms with Gasteiger partial charge in [0.1, 0.15) is 12.7 Å². The number of rotatable bonds is 7. The summed E-state index contributed by atoms with van der Waals surface area (Å²) in [6.07, 6.45) is 3.35. The summed E-state index contributed by atoms with van der Waals surface area (Å²) in [6, 6.07) is 17.6. The van der Waals surface area contributed by atoms with Crippen LogP contribution in [-0.2, 0) is 4.79 Å². The molecule has 1 saturated heterocycles. The number of para-hydroxylation sites is 3. The molecule has 1 N–H and O–H groups in total. The number of aromatic nitrogens is 3. The van der Waals surface area contributed by atoms with E-state index in [-0.39, 0.29) is 17.8 Å². The summed E-state index contributed by atoms with van der Waals surface area (Å²) in [5, 5.41) is 12.6. The van der Waals surface area contributed by atoms with Crippen molar-refractivity contribution < 1.29 is 14.3 Å². The summed E-state index contributed by atoms with van der Waals surface area (Å²) < 4.78 is 13.7. The van der Waals surface area contributed by atoms with Crippen LogP contribution in [0.1, 0.15) is 19.3 Å². The molecule has 33 heavy (non-hydrogen) atoms. The van der Waals surface area contributed by atoms with Gasteiger partial charge in [0.15, 0.2) is 16.7 Å². The Labute approximate surface area is 197 Å².